The number of ether oxygens (including phenoxy) is 1. The highest BCUT2D eigenvalue weighted by molar-refractivity contribution is 5.58. The van der Waals surface area contributed by atoms with Crippen molar-refractivity contribution in [1.82, 2.24) is 15.0 Å². The van der Waals surface area contributed by atoms with Crippen molar-refractivity contribution in [3.8, 4) is 17.1 Å². The highest BCUT2D eigenvalue weighted by Crippen LogP contribution is 2.25. The summed E-state index contributed by atoms with van der Waals surface area (Å²) in [6, 6.07) is 5.82. The highest BCUT2D eigenvalue weighted by atomic mass is 16.5. The van der Waals surface area contributed by atoms with Crippen LogP contribution in [0.25, 0.3) is 11.4 Å². The Labute approximate surface area is 112 Å². The fraction of sp³-hybridized carbons (Fsp3) is 0.385. The van der Waals surface area contributed by atoms with E-state index in [4.69, 9.17) is 15.0 Å². The third-order valence-corrected chi connectivity index (χ3v) is 2.67. The summed E-state index contributed by atoms with van der Waals surface area (Å²) >= 11 is 0. The van der Waals surface area contributed by atoms with Gasteiger partial charge in [-0.05, 0) is 32.3 Å². The van der Waals surface area contributed by atoms with Crippen LogP contribution >= 0.6 is 0 Å². The summed E-state index contributed by atoms with van der Waals surface area (Å²) in [6.45, 7) is 1.02. The zero-order valence-corrected chi connectivity index (χ0v) is 11.4. The lowest BCUT2D eigenvalue weighted by molar-refractivity contribution is 0.372. The quantitative estimate of drug-likeness (QED) is 0.874. The number of hydrogen-bond acceptors (Lipinski definition) is 6. The smallest absolute Gasteiger partial charge is 0.240 e. The molecule has 0 spiro atoms. The maximum Gasteiger partial charge on any atom is 0.240 e. The predicted octanol–water partition coefficient (Wildman–Crippen LogP) is 1.27. The Hall–Kier alpha value is -1.92. The summed E-state index contributed by atoms with van der Waals surface area (Å²) in [4.78, 5) is 6.29. The Morgan fingerprint density at radius 3 is 2.74 bits per heavy atom. The first-order valence-electron chi connectivity index (χ1n) is 5.98. The standard InChI is InChI=1S/C13H18N4O2/c1-17(2)8-10-6-9(4-5-11(10)18-3)13-15-12(7-14)19-16-13/h4-6H,7-8,14H2,1-3H3. The second-order valence-electron chi connectivity index (χ2n) is 4.48. The Balaban J connectivity index is 2.36. The van der Waals surface area contributed by atoms with Gasteiger partial charge >= 0.3 is 0 Å². The lowest BCUT2D eigenvalue weighted by Crippen LogP contribution is -2.11. The Morgan fingerprint density at radius 2 is 2.16 bits per heavy atom. The van der Waals surface area contributed by atoms with E-state index in [0.717, 1.165) is 23.4 Å². The Kier molecular flexibility index (Phi) is 4.13. The third kappa shape index (κ3) is 3.10. The first kappa shape index (κ1) is 13.5. The molecule has 0 amide bonds. The van der Waals surface area contributed by atoms with Gasteiger partial charge < -0.3 is 19.9 Å². The normalized spacial score (nSPS) is 11.0. The second-order valence-corrected chi connectivity index (χ2v) is 4.48. The summed E-state index contributed by atoms with van der Waals surface area (Å²) in [7, 11) is 5.68. The molecular weight excluding hydrogens is 244 g/mol. The highest BCUT2D eigenvalue weighted by Gasteiger charge is 2.11. The summed E-state index contributed by atoms with van der Waals surface area (Å²) in [6.07, 6.45) is 0. The average Bonchev–Trinajstić information content (AvgIpc) is 2.86. The molecule has 19 heavy (non-hydrogen) atoms. The maximum atomic E-state index is 5.46. The first-order chi connectivity index (χ1) is 9.13. The van der Waals surface area contributed by atoms with Gasteiger partial charge in [-0.2, -0.15) is 4.98 Å². The van der Waals surface area contributed by atoms with E-state index < -0.39 is 0 Å². The molecular formula is C13H18N4O2. The van der Waals surface area contributed by atoms with Crippen molar-refractivity contribution in [2.45, 2.75) is 13.1 Å². The molecule has 102 valence electrons. The minimum absolute atomic E-state index is 0.244. The van der Waals surface area contributed by atoms with Crippen molar-refractivity contribution < 1.29 is 9.26 Å². The molecule has 0 aliphatic heterocycles. The molecule has 6 nitrogen and oxygen atoms in total. The van der Waals surface area contributed by atoms with Crippen LogP contribution in [0.3, 0.4) is 0 Å². The number of nitrogens with zero attached hydrogens (tertiary/aromatic N) is 3. The molecule has 0 aliphatic rings. The van der Waals surface area contributed by atoms with E-state index in [1.807, 2.05) is 32.3 Å². The van der Waals surface area contributed by atoms with E-state index in [9.17, 15) is 0 Å². The molecule has 0 bridgehead atoms. The van der Waals surface area contributed by atoms with Crippen LogP contribution in [0, 0.1) is 0 Å². The minimum Gasteiger partial charge on any atom is -0.496 e. The van der Waals surface area contributed by atoms with Crippen LogP contribution in [0.4, 0.5) is 0 Å². The van der Waals surface area contributed by atoms with E-state index in [1.54, 1.807) is 7.11 Å². The second kappa shape index (κ2) is 5.81. The molecule has 0 saturated carbocycles. The van der Waals surface area contributed by atoms with Crippen LogP contribution in [-0.4, -0.2) is 36.2 Å². The van der Waals surface area contributed by atoms with Crippen molar-refractivity contribution in [3.05, 3.63) is 29.7 Å². The Bertz CT molecular complexity index is 551. The summed E-state index contributed by atoms with van der Waals surface area (Å²) in [5.74, 6) is 1.82. The third-order valence-electron chi connectivity index (χ3n) is 2.67. The maximum absolute atomic E-state index is 5.46. The first-order valence-corrected chi connectivity index (χ1v) is 5.98. The van der Waals surface area contributed by atoms with Gasteiger partial charge in [-0.1, -0.05) is 5.16 Å². The van der Waals surface area contributed by atoms with Gasteiger partial charge in [-0.15, -0.1) is 0 Å². The number of benzene rings is 1. The molecule has 0 radical (unpaired) electrons. The van der Waals surface area contributed by atoms with Crippen molar-refractivity contribution in [3.63, 3.8) is 0 Å². The zero-order chi connectivity index (χ0) is 13.8. The van der Waals surface area contributed by atoms with Gasteiger partial charge in [0.15, 0.2) is 0 Å². The molecule has 0 atom stereocenters. The molecule has 0 aliphatic carbocycles. The monoisotopic (exact) mass is 262 g/mol. The number of aromatic nitrogens is 2. The predicted molar refractivity (Wildman–Crippen MR) is 71.6 cm³/mol. The van der Waals surface area contributed by atoms with E-state index in [1.165, 1.54) is 0 Å². The lowest BCUT2D eigenvalue weighted by atomic mass is 10.1. The molecule has 2 N–H and O–H groups in total. The van der Waals surface area contributed by atoms with E-state index in [2.05, 4.69) is 15.0 Å². The molecule has 2 rings (SSSR count). The van der Waals surface area contributed by atoms with Crippen molar-refractivity contribution in [2.75, 3.05) is 21.2 Å². The molecule has 0 unspecified atom stereocenters. The van der Waals surface area contributed by atoms with Crippen LogP contribution in [0.2, 0.25) is 0 Å². The van der Waals surface area contributed by atoms with Crippen LogP contribution in [0.1, 0.15) is 11.5 Å². The SMILES string of the molecule is COc1ccc(-c2noc(CN)n2)cc1CN(C)C. The molecule has 6 heteroatoms. The largest absolute Gasteiger partial charge is 0.496 e. The molecule has 2 aromatic rings. The van der Waals surface area contributed by atoms with Gasteiger partial charge in [0, 0.05) is 17.7 Å². The van der Waals surface area contributed by atoms with Crippen LogP contribution in [0.5, 0.6) is 5.75 Å². The summed E-state index contributed by atoms with van der Waals surface area (Å²) in [5, 5.41) is 3.91. The van der Waals surface area contributed by atoms with Gasteiger partial charge in [-0.25, -0.2) is 0 Å². The fourth-order valence-electron chi connectivity index (χ4n) is 1.84. The van der Waals surface area contributed by atoms with Gasteiger partial charge in [-0.3, -0.25) is 0 Å². The number of rotatable bonds is 5. The van der Waals surface area contributed by atoms with Gasteiger partial charge in [0.25, 0.3) is 0 Å². The van der Waals surface area contributed by atoms with Crippen LogP contribution < -0.4 is 10.5 Å². The fourth-order valence-corrected chi connectivity index (χ4v) is 1.84. The van der Waals surface area contributed by atoms with Gasteiger partial charge in [0.1, 0.15) is 5.75 Å². The summed E-state index contributed by atoms with van der Waals surface area (Å²) in [5.41, 5.74) is 7.42. The van der Waals surface area contributed by atoms with Crippen LogP contribution in [0.15, 0.2) is 22.7 Å². The average molecular weight is 262 g/mol. The van der Waals surface area contributed by atoms with E-state index >= 15 is 0 Å². The molecule has 1 aromatic heterocycles. The minimum atomic E-state index is 0.244. The van der Waals surface area contributed by atoms with Gasteiger partial charge in [0.2, 0.25) is 11.7 Å². The van der Waals surface area contributed by atoms with Crippen molar-refractivity contribution in [1.29, 1.82) is 0 Å². The van der Waals surface area contributed by atoms with Crippen LogP contribution in [-0.2, 0) is 13.1 Å². The number of nitrogens with two attached hydrogens (primary N) is 1. The molecule has 1 heterocycles. The van der Waals surface area contributed by atoms with Gasteiger partial charge in [0.05, 0.1) is 13.7 Å². The van der Waals surface area contributed by atoms with E-state index in [0.29, 0.717) is 11.7 Å². The Morgan fingerprint density at radius 1 is 1.37 bits per heavy atom. The van der Waals surface area contributed by atoms with E-state index in [-0.39, 0.29) is 6.54 Å². The molecule has 1 aromatic carbocycles. The number of hydrogen-bond donors (Lipinski definition) is 1. The topological polar surface area (TPSA) is 77.4 Å². The summed E-state index contributed by atoms with van der Waals surface area (Å²) < 4.78 is 10.4. The molecule has 0 fully saturated rings. The van der Waals surface area contributed by atoms with Crippen molar-refractivity contribution in [2.24, 2.45) is 5.73 Å². The number of methoxy groups -OCH3 is 1. The molecule has 0 saturated heterocycles. The lowest BCUT2D eigenvalue weighted by Gasteiger charge is -2.14. The van der Waals surface area contributed by atoms with Crippen molar-refractivity contribution >= 4 is 0 Å². The zero-order valence-electron chi connectivity index (χ0n) is 11.4.